The van der Waals surface area contributed by atoms with E-state index in [0.717, 1.165) is 38.1 Å². The molecule has 2 aliphatic heterocycles. The number of morpholine rings is 1. The lowest BCUT2D eigenvalue weighted by Gasteiger charge is -2.37. The van der Waals surface area contributed by atoms with E-state index in [2.05, 4.69) is 17.1 Å². The minimum Gasteiger partial charge on any atom is -0.374 e. The van der Waals surface area contributed by atoms with Gasteiger partial charge in [0.1, 0.15) is 0 Å². The molecule has 0 aromatic heterocycles. The van der Waals surface area contributed by atoms with E-state index in [4.69, 9.17) is 4.74 Å². The zero-order valence-corrected chi connectivity index (χ0v) is 10.1. The van der Waals surface area contributed by atoms with Crippen LogP contribution in [0.15, 0.2) is 0 Å². The first-order valence-electron chi connectivity index (χ1n) is 5.91. The number of nitrogens with zero attached hydrogens (tertiary/aromatic N) is 1. The summed E-state index contributed by atoms with van der Waals surface area (Å²) in [7, 11) is 0. The molecule has 4 atom stereocenters. The van der Waals surface area contributed by atoms with Crippen molar-refractivity contribution >= 4 is 12.4 Å². The van der Waals surface area contributed by atoms with Gasteiger partial charge in [-0.25, -0.2) is 0 Å². The van der Waals surface area contributed by atoms with E-state index < -0.39 is 0 Å². The summed E-state index contributed by atoms with van der Waals surface area (Å²) in [5.41, 5.74) is 0. The fraction of sp³-hybridized carbons (Fsp3) is 1.00. The first-order chi connectivity index (χ1) is 6.84. The summed E-state index contributed by atoms with van der Waals surface area (Å²) in [5, 5.41) is 3.43. The molecule has 1 saturated carbocycles. The van der Waals surface area contributed by atoms with Gasteiger partial charge in [0.15, 0.2) is 0 Å². The summed E-state index contributed by atoms with van der Waals surface area (Å²) in [6.45, 7) is 7.95. The lowest BCUT2D eigenvalue weighted by molar-refractivity contribution is -0.0485. The van der Waals surface area contributed by atoms with Crippen LogP contribution in [0.4, 0.5) is 0 Å². The van der Waals surface area contributed by atoms with Crippen LogP contribution in [-0.4, -0.2) is 49.8 Å². The molecule has 0 radical (unpaired) electrons. The van der Waals surface area contributed by atoms with Crippen LogP contribution in [0.3, 0.4) is 0 Å². The minimum absolute atomic E-state index is 0. The summed E-state index contributed by atoms with van der Waals surface area (Å²) < 4.78 is 5.76. The molecule has 2 unspecified atom stereocenters. The minimum atomic E-state index is 0. The second kappa shape index (κ2) is 4.58. The maximum Gasteiger partial charge on any atom is 0.0867 e. The molecule has 3 aliphatic rings. The highest BCUT2D eigenvalue weighted by Gasteiger charge is 2.40. The van der Waals surface area contributed by atoms with Crippen LogP contribution in [0, 0.1) is 11.8 Å². The third-order valence-electron chi connectivity index (χ3n) is 4.05. The zero-order chi connectivity index (χ0) is 9.54. The van der Waals surface area contributed by atoms with Crippen molar-refractivity contribution in [1.29, 1.82) is 0 Å². The van der Waals surface area contributed by atoms with Gasteiger partial charge in [0, 0.05) is 32.2 Å². The fourth-order valence-electron chi connectivity index (χ4n) is 2.84. The molecule has 3 fully saturated rings. The van der Waals surface area contributed by atoms with Gasteiger partial charge in [-0.1, -0.05) is 6.92 Å². The van der Waals surface area contributed by atoms with E-state index in [9.17, 15) is 0 Å². The summed E-state index contributed by atoms with van der Waals surface area (Å²) in [4.78, 5) is 2.66. The first kappa shape index (κ1) is 11.6. The van der Waals surface area contributed by atoms with Gasteiger partial charge in [-0.15, -0.1) is 12.4 Å². The summed E-state index contributed by atoms with van der Waals surface area (Å²) in [5.74, 6) is 1.96. The SMILES string of the molecule is CC1CC1CN1CCO[C@H]2CNC[C@H]21.Cl. The molecular formula is C11H21ClN2O. The van der Waals surface area contributed by atoms with Crippen molar-refractivity contribution in [1.82, 2.24) is 10.2 Å². The van der Waals surface area contributed by atoms with Crippen LogP contribution in [0.5, 0.6) is 0 Å². The van der Waals surface area contributed by atoms with E-state index in [-0.39, 0.29) is 12.4 Å². The first-order valence-corrected chi connectivity index (χ1v) is 5.91. The highest BCUT2D eigenvalue weighted by Crippen LogP contribution is 2.39. The molecular weight excluding hydrogens is 212 g/mol. The Hall–Kier alpha value is 0.170. The Morgan fingerprint density at radius 1 is 1.40 bits per heavy atom. The zero-order valence-electron chi connectivity index (χ0n) is 9.32. The molecule has 2 saturated heterocycles. The van der Waals surface area contributed by atoms with Crippen LogP contribution < -0.4 is 5.32 Å². The standard InChI is InChI=1S/C11H20N2O.ClH/c1-8-4-9(8)7-13-2-3-14-11-6-12-5-10(11)13;/h8-12H,2-7H2,1H3;1H/t8?,9?,10-,11+;/m1./s1. The van der Waals surface area contributed by atoms with Crippen molar-refractivity contribution in [2.45, 2.75) is 25.5 Å². The normalized spacial score (nSPS) is 44.6. The molecule has 1 N–H and O–H groups in total. The maximum atomic E-state index is 5.76. The van der Waals surface area contributed by atoms with Crippen LogP contribution in [0.2, 0.25) is 0 Å². The fourth-order valence-corrected chi connectivity index (χ4v) is 2.84. The van der Waals surface area contributed by atoms with E-state index in [1.165, 1.54) is 13.0 Å². The van der Waals surface area contributed by atoms with Gasteiger partial charge >= 0.3 is 0 Å². The average molecular weight is 233 g/mol. The van der Waals surface area contributed by atoms with Crippen molar-refractivity contribution in [3.05, 3.63) is 0 Å². The molecule has 2 heterocycles. The van der Waals surface area contributed by atoms with Crippen molar-refractivity contribution in [2.75, 3.05) is 32.8 Å². The number of ether oxygens (including phenoxy) is 1. The smallest absolute Gasteiger partial charge is 0.0867 e. The Kier molecular flexibility index (Phi) is 3.56. The van der Waals surface area contributed by atoms with Crippen molar-refractivity contribution < 1.29 is 4.74 Å². The van der Waals surface area contributed by atoms with E-state index >= 15 is 0 Å². The second-order valence-corrected chi connectivity index (χ2v) is 5.10. The molecule has 0 amide bonds. The Morgan fingerprint density at radius 3 is 2.93 bits per heavy atom. The third kappa shape index (κ3) is 2.31. The number of rotatable bonds is 2. The van der Waals surface area contributed by atoms with Crippen molar-refractivity contribution in [2.24, 2.45) is 11.8 Å². The van der Waals surface area contributed by atoms with Gasteiger partial charge in [0.2, 0.25) is 0 Å². The molecule has 3 nitrogen and oxygen atoms in total. The van der Waals surface area contributed by atoms with Crippen LogP contribution in [0.25, 0.3) is 0 Å². The van der Waals surface area contributed by atoms with Gasteiger partial charge < -0.3 is 10.1 Å². The summed E-state index contributed by atoms with van der Waals surface area (Å²) in [6, 6.07) is 0.663. The monoisotopic (exact) mass is 232 g/mol. The highest BCUT2D eigenvalue weighted by atomic mass is 35.5. The average Bonchev–Trinajstić information content (AvgIpc) is 2.69. The summed E-state index contributed by atoms with van der Waals surface area (Å²) in [6.07, 6.45) is 1.92. The van der Waals surface area contributed by atoms with Gasteiger partial charge in [-0.3, -0.25) is 4.90 Å². The highest BCUT2D eigenvalue weighted by molar-refractivity contribution is 5.85. The second-order valence-electron chi connectivity index (χ2n) is 5.10. The topological polar surface area (TPSA) is 24.5 Å². The predicted octanol–water partition coefficient (Wildman–Crippen LogP) is 0.737. The summed E-state index contributed by atoms with van der Waals surface area (Å²) >= 11 is 0. The van der Waals surface area contributed by atoms with Gasteiger partial charge in [0.05, 0.1) is 12.7 Å². The van der Waals surface area contributed by atoms with Gasteiger partial charge in [0.25, 0.3) is 0 Å². The van der Waals surface area contributed by atoms with Crippen LogP contribution >= 0.6 is 12.4 Å². The molecule has 1 aliphatic carbocycles. The number of halogens is 1. The lowest BCUT2D eigenvalue weighted by Crippen LogP contribution is -2.51. The van der Waals surface area contributed by atoms with Crippen LogP contribution in [0.1, 0.15) is 13.3 Å². The maximum absolute atomic E-state index is 5.76. The molecule has 88 valence electrons. The Labute approximate surface area is 97.9 Å². The third-order valence-corrected chi connectivity index (χ3v) is 4.05. The largest absolute Gasteiger partial charge is 0.374 e. The Bertz CT molecular complexity index is 227. The molecule has 0 aromatic rings. The number of nitrogens with one attached hydrogen (secondary N) is 1. The van der Waals surface area contributed by atoms with Crippen molar-refractivity contribution in [3.63, 3.8) is 0 Å². The van der Waals surface area contributed by atoms with E-state index in [1.54, 1.807) is 0 Å². The molecule has 3 rings (SSSR count). The molecule has 4 heteroatoms. The molecule has 0 bridgehead atoms. The van der Waals surface area contributed by atoms with Crippen LogP contribution in [-0.2, 0) is 4.74 Å². The Morgan fingerprint density at radius 2 is 2.20 bits per heavy atom. The number of hydrogen-bond donors (Lipinski definition) is 1. The quantitative estimate of drug-likeness (QED) is 0.760. The Balaban J connectivity index is 0.000000853. The molecule has 0 spiro atoms. The van der Waals surface area contributed by atoms with Crippen molar-refractivity contribution in [3.8, 4) is 0 Å². The molecule has 0 aromatic carbocycles. The molecule has 15 heavy (non-hydrogen) atoms. The number of hydrogen-bond acceptors (Lipinski definition) is 3. The lowest BCUT2D eigenvalue weighted by atomic mass is 10.1. The van der Waals surface area contributed by atoms with E-state index in [1.807, 2.05) is 0 Å². The van der Waals surface area contributed by atoms with Gasteiger partial charge in [-0.05, 0) is 18.3 Å². The van der Waals surface area contributed by atoms with Gasteiger partial charge in [-0.2, -0.15) is 0 Å². The number of fused-ring (bicyclic) bond motifs is 1. The van der Waals surface area contributed by atoms with E-state index in [0.29, 0.717) is 12.1 Å². The predicted molar refractivity (Wildman–Crippen MR) is 62.5 cm³/mol.